The molecule has 4 nitrogen and oxygen atoms in total. The van der Waals surface area contributed by atoms with Crippen LogP contribution in [0.5, 0.6) is 0 Å². The fourth-order valence-corrected chi connectivity index (χ4v) is 3.88. The number of rotatable bonds is 3. The maximum Gasteiger partial charge on any atom is 0.410 e. The van der Waals surface area contributed by atoms with Gasteiger partial charge in [0.25, 0.3) is 5.92 Å². The molecule has 126 valence electrons. The number of hydrogen-bond donors (Lipinski definition) is 0. The van der Waals surface area contributed by atoms with Crippen LogP contribution in [0, 0.1) is 5.41 Å². The van der Waals surface area contributed by atoms with Crippen molar-refractivity contribution in [1.29, 1.82) is 0 Å². The van der Waals surface area contributed by atoms with Gasteiger partial charge in [0.05, 0.1) is 12.0 Å². The van der Waals surface area contributed by atoms with Crippen molar-refractivity contribution in [1.82, 2.24) is 9.21 Å². The van der Waals surface area contributed by atoms with E-state index in [9.17, 15) is 13.6 Å². The van der Waals surface area contributed by atoms with E-state index >= 15 is 0 Å². The minimum Gasteiger partial charge on any atom is -0.445 e. The third-order valence-corrected chi connectivity index (χ3v) is 5.48. The molecule has 7 heteroatoms. The van der Waals surface area contributed by atoms with Crippen molar-refractivity contribution in [2.75, 3.05) is 32.4 Å². The number of benzene rings is 1. The van der Waals surface area contributed by atoms with Crippen LogP contribution in [0.3, 0.4) is 0 Å². The number of ether oxygens (including phenoxy) is 1. The predicted octanol–water partition coefficient (Wildman–Crippen LogP) is 3.24. The van der Waals surface area contributed by atoms with E-state index in [4.69, 9.17) is 4.74 Å². The molecule has 0 bridgehead atoms. The molecule has 2 aliphatic rings. The number of nitrogens with zero attached hydrogens (tertiary/aromatic N) is 2. The molecule has 23 heavy (non-hydrogen) atoms. The van der Waals surface area contributed by atoms with E-state index in [-0.39, 0.29) is 6.61 Å². The lowest BCUT2D eigenvalue weighted by Gasteiger charge is -2.56. The summed E-state index contributed by atoms with van der Waals surface area (Å²) in [6, 6.07) is 9.22. The van der Waals surface area contributed by atoms with Crippen LogP contribution in [-0.4, -0.2) is 53.7 Å². The first kappa shape index (κ1) is 16.5. The molecule has 1 aromatic rings. The maximum absolute atomic E-state index is 14.5. The molecule has 2 heterocycles. The summed E-state index contributed by atoms with van der Waals surface area (Å²) in [6.07, 6.45) is 1.54. The van der Waals surface area contributed by atoms with Gasteiger partial charge < -0.3 is 9.64 Å². The molecular formula is C16H20F2N2O2S. The van der Waals surface area contributed by atoms with Crippen molar-refractivity contribution in [2.45, 2.75) is 19.0 Å². The zero-order chi connectivity index (χ0) is 16.5. The van der Waals surface area contributed by atoms with Crippen LogP contribution in [0.4, 0.5) is 13.6 Å². The molecule has 2 saturated heterocycles. The van der Waals surface area contributed by atoms with Gasteiger partial charge in [0, 0.05) is 19.6 Å². The molecule has 0 aliphatic carbocycles. The average Bonchev–Trinajstić information content (AvgIpc) is 2.51. The standard InChI is InChI=1S/C16H20F2N2O2S/c1-23-20-10-15(11-20)7-8-19(12-16(15,17)18)14(21)22-9-13-5-3-2-4-6-13/h2-6H,7-12H2,1H3. The topological polar surface area (TPSA) is 32.8 Å². The molecule has 2 fully saturated rings. The first-order valence-corrected chi connectivity index (χ1v) is 8.76. The van der Waals surface area contributed by atoms with E-state index in [1.165, 1.54) is 11.9 Å². The molecule has 2 aliphatic heterocycles. The van der Waals surface area contributed by atoms with Gasteiger partial charge in [0.15, 0.2) is 0 Å². The van der Waals surface area contributed by atoms with E-state index in [2.05, 4.69) is 0 Å². The van der Waals surface area contributed by atoms with Crippen LogP contribution < -0.4 is 0 Å². The van der Waals surface area contributed by atoms with Gasteiger partial charge >= 0.3 is 6.09 Å². The Balaban J connectivity index is 1.55. The van der Waals surface area contributed by atoms with E-state index in [1.807, 2.05) is 40.9 Å². The third kappa shape index (κ3) is 3.17. The Morgan fingerprint density at radius 2 is 1.96 bits per heavy atom. The smallest absolute Gasteiger partial charge is 0.410 e. The molecule has 0 atom stereocenters. The molecule has 0 unspecified atom stereocenters. The van der Waals surface area contributed by atoms with Crippen LogP contribution in [0.1, 0.15) is 12.0 Å². The lowest BCUT2D eigenvalue weighted by molar-refractivity contribution is -0.202. The number of halogens is 2. The molecule has 1 spiro atoms. The van der Waals surface area contributed by atoms with Crippen LogP contribution in [0.15, 0.2) is 30.3 Å². The monoisotopic (exact) mass is 342 g/mol. The lowest BCUT2D eigenvalue weighted by atomic mass is 9.70. The van der Waals surface area contributed by atoms with Crippen molar-refractivity contribution in [2.24, 2.45) is 5.41 Å². The molecule has 0 N–H and O–H groups in total. The highest BCUT2D eigenvalue weighted by molar-refractivity contribution is 7.96. The number of amides is 1. The third-order valence-electron chi connectivity index (χ3n) is 4.71. The second kappa shape index (κ2) is 6.28. The summed E-state index contributed by atoms with van der Waals surface area (Å²) in [5, 5.41) is 0. The summed E-state index contributed by atoms with van der Waals surface area (Å²) in [5.41, 5.74) is -0.137. The van der Waals surface area contributed by atoms with Crippen LogP contribution in [0.2, 0.25) is 0 Å². The fraction of sp³-hybridized carbons (Fsp3) is 0.562. The van der Waals surface area contributed by atoms with Crippen LogP contribution in [0.25, 0.3) is 0 Å². The molecule has 0 radical (unpaired) electrons. The zero-order valence-corrected chi connectivity index (χ0v) is 13.8. The second-order valence-corrected chi connectivity index (χ2v) is 7.06. The fourth-order valence-electron chi connectivity index (χ4n) is 3.13. The van der Waals surface area contributed by atoms with Gasteiger partial charge in [-0.2, -0.15) is 0 Å². The van der Waals surface area contributed by atoms with Gasteiger partial charge in [-0.25, -0.2) is 17.9 Å². The normalized spacial score (nSPS) is 22.7. The Kier molecular flexibility index (Phi) is 4.51. The number of alkyl halides is 2. The molecule has 0 aromatic heterocycles. The largest absolute Gasteiger partial charge is 0.445 e. The van der Waals surface area contributed by atoms with Crippen molar-refractivity contribution in [3.05, 3.63) is 35.9 Å². The molecule has 0 saturated carbocycles. The van der Waals surface area contributed by atoms with Crippen LogP contribution in [-0.2, 0) is 11.3 Å². The minimum absolute atomic E-state index is 0.104. The summed E-state index contributed by atoms with van der Waals surface area (Å²) in [7, 11) is 0. The molecular weight excluding hydrogens is 322 g/mol. The zero-order valence-electron chi connectivity index (χ0n) is 13.0. The number of piperidine rings is 1. The Morgan fingerprint density at radius 1 is 1.26 bits per heavy atom. The highest BCUT2D eigenvalue weighted by Gasteiger charge is 2.63. The van der Waals surface area contributed by atoms with E-state index < -0.39 is 24.0 Å². The lowest BCUT2D eigenvalue weighted by Crippen LogP contribution is -2.69. The van der Waals surface area contributed by atoms with E-state index in [0.29, 0.717) is 26.1 Å². The summed E-state index contributed by atoms with van der Waals surface area (Å²) < 4.78 is 36.1. The van der Waals surface area contributed by atoms with Gasteiger partial charge in [-0.3, -0.25) is 0 Å². The Morgan fingerprint density at radius 3 is 2.57 bits per heavy atom. The average molecular weight is 342 g/mol. The summed E-state index contributed by atoms with van der Waals surface area (Å²) in [5.74, 6) is -2.87. The van der Waals surface area contributed by atoms with Gasteiger partial charge in [0.1, 0.15) is 6.61 Å². The summed E-state index contributed by atoms with van der Waals surface area (Å²) in [6.45, 7) is 0.642. The highest BCUT2D eigenvalue weighted by Crippen LogP contribution is 2.51. The molecule has 3 rings (SSSR count). The van der Waals surface area contributed by atoms with Gasteiger partial charge in [-0.15, -0.1) is 0 Å². The van der Waals surface area contributed by atoms with Crippen molar-refractivity contribution in [3.8, 4) is 0 Å². The van der Waals surface area contributed by atoms with Gasteiger partial charge in [-0.1, -0.05) is 42.3 Å². The SMILES string of the molecule is CSN1CC2(CCN(C(=O)OCc3ccccc3)CC2(F)F)C1. The Bertz CT molecular complexity index is 564. The summed E-state index contributed by atoms with van der Waals surface area (Å²) >= 11 is 1.49. The van der Waals surface area contributed by atoms with Crippen molar-refractivity contribution in [3.63, 3.8) is 0 Å². The maximum atomic E-state index is 14.5. The molecule has 1 amide bonds. The second-order valence-electron chi connectivity index (χ2n) is 6.18. The first-order valence-electron chi connectivity index (χ1n) is 7.58. The van der Waals surface area contributed by atoms with Crippen molar-refractivity contribution < 1.29 is 18.3 Å². The molecule has 1 aromatic carbocycles. The van der Waals surface area contributed by atoms with Gasteiger partial charge in [0.2, 0.25) is 0 Å². The Labute approximate surface area is 138 Å². The minimum atomic E-state index is -2.87. The van der Waals surface area contributed by atoms with E-state index in [1.54, 1.807) is 0 Å². The number of carbonyl (C=O) groups excluding carboxylic acids is 1. The predicted molar refractivity (Wildman–Crippen MR) is 85.3 cm³/mol. The summed E-state index contributed by atoms with van der Waals surface area (Å²) in [4.78, 5) is 13.2. The number of likely N-dealkylation sites (tertiary alicyclic amines) is 1. The van der Waals surface area contributed by atoms with Crippen LogP contribution >= 0.6 is 11.9 Å². The quantitative estimate of drug-likeness (QED) is 0.790. The van der Waals surface area contributed by atoms with Crippen molar-refractivity contribution >= 4 is 18.0 Å². The first-order chi connectivity index (χ1) is 11.0. The Hall–Kier alpha value is -1.34. The van der Waals surface area contributed by atoms with Gasteiger partial charge in [-0.05, 0) is 18.2 Å². The number of carbonyl (C=O) groups is 1. The van der Waals surface area contributed by atoms with E-state index in [0.717, 1.165) is 10.5 Å². The highest BCUT2D eigenvalue weighted by atomic mass is 32.2. The number of hydrogen-bond acceptors (Lipinski definition) is 4.